The molecule has 6 rings (SSSR count). The molecule has 0 spiro atoms. The predicted octanol–water partition coefficient (Wildman–Crippen LogP) is 5.54. The number of likely N-dealkylation sites (N-methyl/N-ethyl adjacent to an activating group) is 2. The first-order chi connectivity index (χ1) is 18.0. The van der Waals surface area contributed by atoms with Gasteiger partial charge in [0.25, 0.3) is 0 Å². The van der Waals surface area contributed by atoms with E-state index in [2.05, 4.69) is 27.9 Å². The van der Waals surface area contributed by atoms with Gasteiger partial charge in [-0.3, -0.25) is 4.79 Å². The van der Waals surface area contributed by atoms with Gasteiger partial charge in [-0.15, -0.1) is 0 Å². The Labute approximate surface area is 232 Å². The Balaban J connectivity index is 1.28. The molecule has 6 fully saturated rings. The molecule has 4 aliphatic carbocycles. The van der Waals surface area contributed by atoms with Crippen LogP contribution in [0.5, 0.6) is 0 Å². The number of piperidine rings is 2. The molecule has 38 heavy (non-hydrogen) atoms. The molecule has 0 amide bonds. The molecule has 4 saturated carbocycles. The highest BCUT2D eigenvalue weighted by Gasteiger charge is 2.66. The van der Waals surface area contributed by atoms with Crippen molar-refractivity contribution in [3.05, 3.63) is 0 Å². The Bertz CT molecular complexity index is 895. The number of likely N-dealkylation sites (tertiary alicyclic amines) is 2. The Morgan fingerprint density at radius 1 is 0.789 bits per heavy atom. The van der Waals surface area contributed by atoms with Crippen LogP contribution in [0.25, 0.3) is 0 Å². The first kappa shape index (κ1) is 27.5. The van der Waals surface area contributed by atoms with E-state index in [1.807, 2.05) is 0 Å². The predicted molar refractivity (Wildman–Crippen MR) is 151 cm³/mol. The summed E-state index contributed by atoms with van der Waals surface area (Å²) in [6.45, 7) is 11.7. The highest BCUT2D eigenvalue weighted by atomic mass is 16.5. The smallest absolute Gasteiger partial charge is 0.303 e. The number of carbonyl (C=O) groups is 1. The molecule has 0 bridgehead atoms. The van der Waals surface area contributed by atoms with Crippen LogP contribution in [0, 0.1) is 34.5 Å². The molecule has 6 aliphatic rings. The highest BCUT2D eigenvalue weighted by molar-refractivity contribution is 5.66. The number of hydrogen-bond acceptors (Lipinski definition) is 3. The van der Waals surface area contributed by atoms with Crippen LogP contribution in [-0.4, -0.2) is 84.6 Å². The zero-order valence-corrected chi connectivity index (χ0v) is 25.3. The number of carbonyl (C=O) groups excluding carboxylic acids is 1. The van der Waals surface area contributed by atoms with Gasteiger partial charge >= 0.3 is 5.97 Å². The van der Waals surface area contributed by atoms with Gasteiger partial charge in [0.2, 0.25) is 0 Å². The topological polar surface area (TPSA) is 46.5 Å². The van der Waals surface area contributed by atoms with Gasteiger partial charge in [-0.25, -0.2) is 0 Å². The van der Waals surface area contributed by atoms with Gasteiger partial charge in [0, 0.05) is 25.2 Å². The summed E-state index contributed by atoms with van der Waals surface area (Å²) in [5, 5.41) is 11.9. The lowest BCUT2D eigenvalue weighted by atomic mass is 9.44. The molecule has 216 valence electrons. The molecule has 0 aromatic carbocycles. The van der Waals surface area contributed by atoms with Crippen molar-refractivity contribution in [3.63, 3.8) is 0 Å². The molecule has 0 aromatic heterocycles. The van der Waals surface area contributed by atoms with Crippen molar-refractivity contribution in [3.8, 4) is 0 Å². The van der Waals surface area contributed by atoms with Gasteiger partial charge in [-0.1, -0.05) is 13.8 Å². The van der Waals surface area contributed by atoms with E-state index in [1.54, 1.807) is 6.92 Å². The average molecular weight is 531 g/mol. The zero-order chi connectivity index (χ0) is 26.9. The standard InChI is InChI=1S/C33H58N2O3/c1-23(36)38-30-20-24-12-13-25-26(33(24,3)22-29(30)35(5)18-10-7-11-19-35)14-15-32(2)27(25)21-28(31(32)37)34(4)16-8-6-9-17-34/h24-31,37H,6-22H2,1-5H3/q+2/t24?,25?,26?,27?,28?,29?,30?,31?,32-,33-/m0/s1. The van der Waals surface area contributed by atoms with Crippen LogP contribution >= 0.6 is 0 Å². The van der Waals surface area contributed by atoms with E-state index in [4.69, 9.17) is 4.74 Å². The summed E-state index contributed by atoms with van der Waals surface area (Å²) >= 11 is 0. The van der Waals surface area contributed by atoms with Gasteiger partial charge < -0.3 is 18.8 Å². The van der Waals surface area contributed by atoms with Gasteiger partial charge in [0.1, 0.15) is 18.2 Å². The summed E-state index contributed by atoms with van der Waals surface area (Å²) in [4.78, 5) is 12.2. The SMILES string of the molecule is CC(=O)OC1CC2CCC3C(CC[C@]4(C)C(O)C([N+]5(C)CCCCC5)CC34)[C@@]2(C)CC1[N+]1(C)CCCCC1. The number of ether oxygens (including phenoxy) is 1. The number of fused-ring (bicyclic) bond motifs is 5. The summed E-state index contributed by atoms with van der Waals surface area (Å²) in [5.41, 5.74) is 0.421. The van der Waals surface area contributed by atoms with Crippen molar-refractivity contribution in [2.45, 2.75) is 129 Å². The quantitative estimate of drug-likeness (QED) is 0.385. The first-order valence-corrected chi connectivity index (χ1v) is 16.5. The molecule has 5 heteroatoms. The minimum atomic E-state index is -0.146. The first-order valence-electron chi connectivity index (χ1n) is 16.5. The molecule has 2 heterocycles. The van der Waals surface area contributed by atoms with Crippen LogP contribution < -0.4 is 0 Å². The Kier molecular flexibility index (Phi) is 7.04. The summed E-state index contributed by atoms with van der Waals surface area (Å²) < 4.78 is 8.38. The van der Waals surface area contributed by atoms with Crippen LogP contribution in [0.1, 0.15) is 104 Å². The van der Waals surface area contributed by atoms with Crippen molar-refractivity contribution >= 4 is 5.97 Å². The molecule has 5 nitrogen and oxygen atoms in total. The lowest BCUT2D eigenvalue weighted by Gasteiger charge is -2.63. The summed E-state index contributed by atoms with van der Waals surface area (Å²) in [6, 6.07) is 0.868. The minimum absolute atomic E-state index is 0.0836. The third kappa shape index (κ3) is 4.23. The Morgan fingerprint density at radius 2 is 1.39 bits per heavy atom. The van der Waals surface area contributed by atoms with Crippen LogP contribution in [0.3, 0.4) is 0 Å². The van der Waals surface area contributed by atoms with Gasteiger partial charge in [0.05, 0.1) is 40.3 Å². The average Bonchev–Trinajstić information content (AvgIpc) is 3.16. The van der Waals surface area contributed by atoms with Gasteiger partial charge in [0.15, 0.2) is 6.10 Å². The summed E-state index contributed by atoms with van der Waals surface area (Å²) in [6.07, 6.45) is 16.5. The van der Waals surface area contributed by atoms with Crippen molar-refractivity contribution in [2.24, 2.45) is 34.5 Å². The number of aliphatic hydroxyl groups excluding tert-OH is 1. The third-order valence-electron chi connectivity index (χ3n) is 14.2. The molecular formula is C33H58N2O3+2. The fourth-order valence-corrected chi connectivity index (χ4v) is 11.9. The van der Waals surface area contributed by atoms with Crippen molar-refractivity contribution < 1.29 is 23.6 Å². The van der Waals surface area contributed by atoms with E-state index < -0.39 is 0 Å². The maximum Gasteiger partial charge on any atom is 0.303 e. The van der Waals surface area contributed by atoms with Crippen molar-refractivity contribution in [1.29, 1.82) is 0 Å². The fourth-order valence-electron chi connectivity index (χ4n) is 11.9. The lowest BCUT2D eigenvalue weighted by molar-refractivity contribution is -0.943. The normalized spacial score (nSPS) is 49.8. The monoisotopic (exact) mass is 530 g/mol. The molecule has 2 saturated heterocycles. The fraction of sp³-hybridized carbons (Fsp3) is 0.970. The molecule has 0 radical (unpaired) electrons. The second kappa shape index (κ2) is 9.72. The summed E-state index contributed by atoms with van der Waals surface area (Å²) in [7, 11) is 4.94. The van der Waals surface area contributed by atoms with E-state index >= 15 is 0 Å². The van der Waals surface area contributed by atoms with E-state index in [1.165, 1.54) is 103 Å². The lowest BCUT2D eigenvalue weighted by Crippen LogP contribution is -2.66. The Morgan fingerprint density at radius 3 is 2.00 bits per heavy atom. The number of rotatable bonds is 3. The molecule has 1 N–H and O–H groups in total. The third-order valence-corrected chi connectivity index (χ3v) is 14.2. The van der Waals surface area contributed by atoms with E-state index in [0.29, 0.717) is 29.3 Å². The minimum Gasteiger partial charge on any atom is -0.456 e. The van der Waals surface area contributed by atoms with Crippen molar-refractivity contribution in [2.75, 3.05) is 40.3 Å². The number of nitrogens with zero attached hydrogens (tertiary/aromatic N) is 2. The maximum absolute atomic E-state index is 12.2. The van der Waals surface area contributed by atoms with E-state index in [0.717, 1.165) is 27.2 Å². The largest absolute Gasteiger partial charge is 0.456 e. The van der Waals surface area contributed by atoms with E-state index in [-0.39, 0.29) is 23.6 Å². The van der Waals surface area contributed by atoms with E-state index in [9.17, 15) is 9.90 Å². The molecule has 8 unspecified atom stereocenters. The molecule has 0 aromatic rings. The second-order valence-electron chi connectivity index (χ2n) is 16.1. The van der Waals surface area contributed by atoms with Crippen LogP contribution in [-0.2, 0) is 9.53 Å². The van der Waals surface area contributed by atoms with Crippen molar-refractivity contribution in [1.82, 2.24) is 0 Å². The van der Waals surface area contributed by atoms with Crippen LogP contribution in [0.2, 0.25) is 0 Å². The van der Waals surface area contributed by atoms with Crippen LogP contribution in [0.15, 0.2) is 0 Å². The van der Waals surface area contributed by atoms with Gasteiger partial charge in [-0.2, -0.15) is 0 Å². The molecule has 10 atom stereocenters. The highest BCUT2D eigenvalue weighted by Crippen LogP contribution is 2.67. The second-order valence-corrected chi connectivity index (χ2v) is 16.1. The summed E-state index contributed by atoms with van der Waals surface area (Å²) in [5.74, 6) is 2.76. The number of quaternary nitrogens is 2. The molecular weight excluding hydrogens is 472 g/mol. The van der Waals surface area contributed by atoms with Gasteiger partial charge in [-0.05, 0) is 99.7 Å². The number of aliphatic hydroxyl groups is 1. The number of hydrogen-bond donors (Lipinski definition) is 1. The maximum atomic E-state index is 12.2. The van der Waals surface area contributed by atoms with Crippen LogP contribution in [0.4, 0.5) is 0 Å². The number of esters is 1. The Hall–Kier alpha value is -0.650. The molecule has 2 aliphatic heterocycles. The zero-order valence-electron chi connectivity index (χ0n) is 25.3.